The van der Waals surface area contributed by atoms with Crippen molar-refractivity contribution in [1.82, 2.24) is 0 Å². The van der Waals surface area contributed by atoms with Gasteiger partial charge in [0, 0.05) is 6.42 Å². The molecule has 0 aliphatic heterocycles. The van der Waals surface area contributed by atoms with E-state index >= 15 is 0 Å². The number of halogens is 1. The van der Waals surface area contributed by atoms with E-state index < -0.39 is 0 Å². The van der Waals surface area contributed by atoms with Crippen LogP contribution in [0.1, 0.15) is 36.0 Å². The number of fused-ring (bicyclic) bond motifs is 1. The Morgan fingerprint density at radius 1 is 1.27 bits per heavy atom. The molecule has 1 nitrogen and oxygen atoms in total. The average Bonchev–Trinajstić information content (AvgIpc) is 2.64. The van der Waals surface area contributed by atoms with Crippen LogP contribution in [0.25, 0.3) is 0 Å². The molecule has 1 aliphatic carbocycles. The Hall–Kier alpha value is -0.820. The zero-order valence-electron chi connectivity index (χ0n) is 8.76. The number of benzene rings is 1. The van der Waals surface area contributed by atoms with E-state index in [0.717, 1.165) is 12.8 Å². The number of rotatable bonds is 4. The molecule has 15 heavy (non-hydrogen) atoms. The van der Waals surface area contributed by atoms with Gasteiger partial charge in [0.25, 0.3) is 0 Å². The minimum Gasteiger partial charge on any atom is -0.281 e. The van der Waals surface area contributed by atoms with Crippen LogP contribution in [0.5, 0.6) is 0 Å². The summed E-state index contributed by atoms with van der Waals surface area (Å²) in [6, 6.07) is 6.71. The van der Waals surface area contributed by atoms with Gasteiger partial charge in [-0.3, -0.25) is 4.79 Å². The Kier molecular flexibility index (Phi) is 3.42. The van der Waals surface area contributed by atoms with Gasteiger partial charge in [0.05, 0.1) is 0 Å². The van der Waals surface area contributed by atoms with Crippen molar-refractivity contribution < 1.29 is 4.79 Å². The van der Waals surface area contributed by atoms with Gasteiger partial charge in [-0.05, 0) is 60.4 Å². The van der Waals surface area contributed by atoms with Gasteiger partial charge < -0.3 is 0 Å². The first kappa shape index (κ1) is 10.7. The summed E-state index contributed by atoms with van der Waals surface area (Å²) < 4.78 is 0. The number of aryl methyl sites for hydroxylation is 3. The lowest BCUT2D eigenvalue weighted by Crippen LogP contribution is -1.92. The second-order valence-electron chi connectivity index (χ2n) is 4.17. The van der Waals surface area contributed by atoms with Crippen molar-refractivity contribution in [2.24, 2.45) is 0 Å². The first-order chi connectivity index (χ1) is 7.25. The number of carbonyl (C=O) groups excluding carboxylic acids is 1. The lowest BCUT2D eigenvalue weighted by atomic mass is 10.0. The molecule has 1 aromatic rings. The van der Waals surface area contributed by atoms with Crippen molar-refractivity contribution in [3.8, 4) is 0 Å². The fourth-order valence-corrected chi connectivity index (χ4v) is 2.35. The molecule has 0 aromatic heterocycles. The maximum atomic E-state index is 10.6. The lowest BCUT2D eigenvalue weighted by Gasteiger charge is -2.03. The summed E-state index contributed by atoms with van der Waals surface area (Å²) in [5, 5.41) is -0.226. The third-order valence-electron chi connectivity index (χ3n) is 3.00. The summed E-state index contributed by atoms with van der Waals surface area (Å²) >= 11 is 5.30. The van der Waals surface area contributed by atoms with Gasteiger partial charge in [0.2, 0.25) is 5.24 Å². The van der Waals surface area contributed by atoms with Crippen LogP contribution in [-0.4, -0.2) is 5.24 Å². The van der Waals surface area contributed by atoms with E-state index in [-0.39, 0.29) is 5.24 Å². The van der Waals surface area contributed by atoms with Crippen LogP contribution in [0, 0.1) is 0 Å². The second-order valence-corrected chi connectivity index (χ2v) is 4.59. The molecule has 0 heterocycles. The Morgan fingerprint density at radius 2 is 2.07 bits per heavy atom. The van der Waals surface area contributed by atoms with Crippen LogP contribution < -0.4 is 0 Å². The first-order valence-corrected chi connectivity index (χ1v) is 5.92. The molecule has 2 rings (SSSR count). The summed E-state index contributed by atoms with van der Waals surface area (Å²) in [4.78, 5) is 10.6. The standard InChI is InChI=1S/C13H15ClO/c14-13(15)6-1-3-10-7-8-11-4-2-5-12(11)9-10/h7-9H,1-6H2. The van der Waals surface area contributed by atoms with Crippen molar-refractivity contribution in [2.75, 3.05) is 0 Å². The molecule has 1 aliphatic rings. The molecule has 0 unspecified atom stereocenters. The van der Waals surface area contributed by atoms with Crippen molar-refractivity contribution in [3.05, 3.63) is 34.9 Å². The molecule has 80 valence electrons. The average molecular weight is 223 g/mol. The van der Waals surface area contributed by atoms with Crippen molar-refractivity contribution >= 4 is 16.8 Å². The van der Waals surface area contributed by atoms with E-state index in [4.69, 9.17) is 11.6 Å². The number of hydrogen-bond donors (Lipinski definition) is 0. The third-order valence-corrected chi connectivity index (χ3v) is 3.19. The summed E-state index contributed by atoms with van der Waals surface area (Å²) in [6.07, 6.45) is 6.05. The Bertz CT molecular complexity index is 371. The molecule has 2 heteroatoms. The molecule has 0 fully saturated rings. The van der Waals surface area contributed by atoms with E-state index in [2.05, 4.69) is 18.2 Å². The normalized spacial score (nSPS) is 13.9. The predicted octanol–water partition coefficient (Wildman–Crippen LogP) is 3.26. The molecule has 0 saturated heterocycles. The number of hydrogen-bond acceptors (Lipinski definition) is 1. The zero-order valence-corrected chi connectivity index (χ0v) is 9.52. The Labute approximate surface area is 95.4 Å². The fourth-order valence-electron chi connectivity index (χ4n) is 2.21. The first-order valence-electron chi connectivity index (χ1n) is 5.55. The molecular formula is C13H15ClO. The van der Waals surface area contributed by atoms with Crippen LogP contribution in [0.2, 0.25) is 0 Å². The number of carbonyl (C=O) groups is 1. The largest absolute Gasteiger partial charge is 0.281 e. The Morgan fingerprint density at radius 3 is 2.87 bits per heavy atom. The van der Waals surface area contributed by atoms with E-state index in [1.807, 2.05) is 0 Å². The maximum Gasteiger partial charge on any atom is 0.221 e. The quantitative estimate of drug-likeness (QED) is 0.715. The predicted molar refractivity (Wildman–Crippen MR) is 62.3 cm³/mol. The molecule has 0 spiro atoms. The summed E-state index contributed by atoms with van der Waals surface area (Å²) in [7, 11) is 0. The molecule has 0 N–H and O–H groups in total. The molecule has 0 amide bonds. The van der Waals surface area contributed by atoms with Gasteiger partial charge >= 0.3 is 0 Å². The van der Waals surface area contributed by atoms with Gasteiger partial charge in [-0.1, -0.05) is 18.2 Å². The summed E-state index contributed by atoms with van der Waals surface area (Å²) in [5.74, 6) is 0. The topological polar surface area (TPSA) is 17.1 Å². The minimum absolute atomic E-state index is 0.226. The van der Waals surface area contributed by atoms with E-state index in [1.165, 1.54) is 36.0 Å². The van der Waals surface area contributed by atoms with Crippen molar-refractivity contribution in [2.45, 2.75) is 38.5 Å². The molecule has 1 aromatic carbocycles. The van der Waals surface area contributed by atoms with Crippen LogP contribution in [0.4, 0.5) is 0 Å². The summed E-state index contributed by atoms with van der Waals surface area (Å²) in [6.45, 7) is 0. The highest BCUT2D eigenvalue weighted by Crippen LogP contribution is 2.23. The smallest absolute Gasteiger partial charge is 0.221 e. The van der Waals surface area contributed by atoms with Gasteiger partial charge in [-0.15, -0.1) is 0 Å². The van der Waals surface area contributed by atoms with Crippen LogP contribution in [0.3, 0.4) is 0 Å². The van der Waals surface area contributed by atoms with Crippen molar-refractivity contribution in [3.63, 3.8) is 0 Å². The third kappa shape index (κ3) is 2.82. The van der Waals surface area contributed by atoms with Gasteiger partial charge in [-0.25, -0.2) is 0 Å². The van der Waals surface area contributed by atoms with E-state index in [0.29, 0.717) is 6.42 Å². The molecule has 0 bridgehead atoms. The van der Waals surface area contributed by atoms with Gasteiger partial charge in [0.15, 0.2) is 0 Å². The highest BCUT2D eigenvalue weighted by Gasteiger charge is 2.10. The second kappa shape index (κ2) is 4.80. The van der Waals surface area contributed by atoms with Crippen LogP contribution in [-0.2, 0) is 24.1 Å². The Balaban J connectivity index is 1.95. The monoisotopic (exact) mass is 222 g/mol. The highest BCUT2D eigenvalue weighted by molar-refractivity contribution is 6.63. The molecule has 0 radical (unpaired) electrons. The maximum absolute atomic E-state index is 10.6. The molecular weight excluding hydrogens is 208 g/mol. The molecule has 0 atom stereocenters. The van der Waals surface area contributed by atoms with Crippen molar-refractivity contribution in [1.29, 1.82) is 0 Å². The minimum atomic E-state index is -0.226. The molecule has 0 saturated carbocycles. The zero-order chi connectivity index (χ0) is 10.7. The van der Waals surface area contributed by atoms with E-state index in [1.54, 1.807) is 0 Å². The van der Waals surface area contributed by atoms with Gasteiger partial charge in [0.1, 0.15) is 0 Å². The SMILES string of the molecule is O=C(Cl)CCCc1ccc2c(c1)CCC2. The lowest BCUT2D eigenvalue weighted by molar-refractivity contribution is -0.111. The summed E-state index contributed by atoms with van der Waals surface area (Å²) in [5.41, 5.74) is 4.35. The van der Waals surface area contributed by atoms with E-state index in [9.17, 15) is 4.79 Å². The fraction of sp³-hybridized carbons (Fsp3) is 0.462. The van der Waals surface area contributed by atoms with Crippen LogP contribution >= 0.6 is 11.6 Å². The highest BCUT2D eigenvalue weighted by atomic mass is 35.5. The van der Waals surface area contributed by atoms with Crippen LogP contribution in [0.15, 0.2) is 18.2 Å². The van der Waals surface area contributed by atoms with Gasteiger partial charge in [-0.2, -0.15) is 0 Å².